The second-order valence-corrected chi connectivity index (χ2v) is 7.82. The molecule has 3 aromatic rings. The molecule has 2 aromatic carbocycles. The quantitative estimate of drug-likeness (QED) is 0.481. The number of fused-ring (bicyclic) bond motifs is 1. The van der Waals surface area contributed by atoms with E-state index in [4.69, 9.17) is 0 Å². The number of halogens is 1. The monoisotopic (exact) mass is 399 g/mol. The van der Waals surface area contributed by atoms with Gasteiger partial charge in [0.15, 0.2) is 5.69 Å². The lowest BCUT2D eigenvalue weighted by Crippen LogP contribution is -2.32. The smallest absolute Gasteiger partial charge is 0.274 e. The molecule has 1 N–H and O–H groups in total. The number of benzene rings is 2. The first-order valence-electron chi connectivity index (χ1n) is 9.15. The van der Waals surface area contributed by atoms with Crippen molar-refractivity contribution in [1.29, 1.82) is 0 Å². The van der Waals surface area contributed by atoms with Crippen molar-refractivity contribution in [3.8, 4) is 0 Å². The van der Waals surface area contributed by atoms with E-state index in [1.807, 2.05) is 13.8 Å². The van der Waals surface area contributed by atoms with Gasteiger partial charge in [0.2, 0.25) is 0 Å². The highest BCUT2D eigenvalue weighted by molar-refractivity contribution is 7.99. The Bertz CT molecular complexity index is 1030. The van der Waals surface area contributed by atoms with Crippen LogP contribution in [0.2, 0.25) is 0 Å². The predicted octanol–water partition coefficient (Wildman–Crippen LogP) is 4.03. The molecule has 0 radical (unpaired) electrons. The van der Waals surface area contributed by atoms with E-state index >= 15 is 0 Å². The highest BCUT2D eigenvalue weighted by atomic mass is 32.2. The molecule has 7 heteroatoms. The molecular weight excluding hydrogens is 377 g/mol. The average Bonchev–Trinajstić information content (AvgIpc) is 2.69. The third-order valence-electron chi connectivity index (χ3n) is 4.22. The largest absolute Gasteiger partial charge is 0.351 e. The van der Waals surface area contributed by atoms with Gasteiger partial charge in [-0.25, -0.2) is 9.07 Å². The number of rotatable bonds is 7. The molecule has 28 heavy (non-hydrogen) atoms. The first-order chi connectivity index (χ1) is 13.5. The fraction of sp³-hybridized carbons (Fsp3) is 0.286. The van der Waals surface area contributed by atoms with Gasteiger partial charge >= 0.3 is 0 Å². The lowest BCUT2D eigenvalue weighted by molar-refractivity contribution is 0.0948. The van der Waals surface area contributed by atoms with Crippen LogP contribution >= 0.6 is 11.8 Å². The minimum atomic E-state index is -0.294. The molecule has 0 saturated carbocycles. The van der Waals surface area contributed by atoms with Gasteiger partial charge in [0.25, 0.3) is 11.5 Å². The highest BCUT2D eigenvalue weighted by Gasteiger charge is 2.17. The van der Waals surface area contributed by atoms with Crippen LogP contribution in [0.4, 0.5) is 4.39 Å². The van der Waals surface area contributed by atoms with Crippen molar-refractivity contribution in [2.75, 3.05) is 12.3 Å². The number of carbonyl (C=O) groups excluding carboxylic acids is 1. The Labute approximate surface area is 167 Å². The molecule has 0 aliphatic carbocycles. The van der Waals surface area contributed by atoms with Gasteiger partial charge in [0, 0.05) is 16.8 Å². The van der Waals surface area contributed by atoms with Gasteiger partial charge in [0.1, 0.15) is 5.82 Å². The number of nitrogens with zero attached hydrogens (tertiary/aromatic N) is 2. The second kappa shape index (κ2) is 9.01. The van der Waals surface area contributed by atoms with Crippen molar-refractivity contribution in [1.82, 2.24) is 15.1 Å². The standard InChI is InChI=1S/C21H22FN3O2S/c1-14(2)25-21(27)18-7-4-3-6-17(18)19(24-25)20(26)23-12-5-13-28-16-10-8-15(22)9-11-16/h3-4,6-11,14H,5,12-13H2,1-2H3,(H,23,26). The normalized spacial score (nSPS) is 11.1. The lowest BCUT2D eigenvalue weighted by Gasteiger charge is -2.13. The molecule has 5 nitrogen and oxygen atoms in total. The highest BCUT2D eigenvalue weighted by Crippen LogP contribution is 2.19. The maximum Gasteiger partial charge on any atom is 0.274 e. The van der Waals surface area contributed by atoms with Crippen LogP contribution in [0.3, 0.4) is 0 Å². The molecule has 1 aromatic heterocycles. The number of amides is 1. The van der Waals surface area contributed by atoms with Gasteiger partial charge in [-0.1, -0.05) is 18.2 Å². The Morgan fingerprint density at radius 3 is 2.50 bits per heavy atom. The molecular formula is C21H22FN3O2S. The first-order valence-corrected chi connectivity index (χ1v) is 10.1. The zero-order valence-corrected chi connectivity index (χ0v) is 16.6. The second-order valence-electron chi connectivity index (χ2n) is 6.65. The van der Waals surface area contributed by atoms with Gasteiger partial charge < -0.3 is 5.32 Å². The van der Waals surface area contributed by atoms with E-state index in [1.165, 1.54) is 16.8 Å². The summed E-state index contributed by atoms with van der Waals surface area (Å²) < 4.78 is 14.3. The van der Waals surface area contributed by atoms with E-state index in [2.05, 4.69) is 10.4 Å². The first kappa shape index (κ1) is 20.1. The number of carbonyl (C=O) groups is 1. The van der Waals surface area contributed by atoms with Crippen molar-refractivity contribution in [3.05, 3.63) is 70.4 Å². The Morgan fingerprint density at radius 2 is 1.82 bits per heavy atom. The molecule has 3 rings (SSSR count). The number of hydrogen-bond acceptors (Lipinski definition) is 4. The zero-order chi connectivity index (χ0) is 20.1. The summed E-state index contributed by atoms with van der Waals surface area (Å²) in [6, 6.07) is 13.2. The van der Waals surface area contributed by atoms with Gasteiger partial charge in [-0.15, -0.1) is 11.8 Å². The summed E-state index contributed by atoms with van der Waals surface area (Å²) in [7, 11) is 0. The summed E-state index contributed by atoms with van der Waals surface area (Å²) in [5.74, 6) is 0.252. The van der Waals surface area contributed by atoms with Crippen LogP contribution in [0.25, 0.3) is 10.8 Å². The Kier molecular flexibility index (Phi) is 6.46. The molecule has 146 valence electrons. The van der Waals surface area contributed by atoms with Crippen molar-refractivity contribution in [2.45, 2.75) is 31.2 Å². The van der Waals surface area contributed by atoms with Gasteiger partial charge in [0.05, 0.1) is 11.4 Å². The minimum Gasteiger partial charge on any atom is -0.351 e. The zero-order valence-electron chi connectivity index (χ0n) is 15.8. The number of nitrogens with one attached hydrogen (secondary N) is 1. The SMILES string of the molecule is CC(C)n1nc(C(=O)NCCCSc2ccc(F)cc2)c2ccccc2c1=O. The Hall–Kier alpha value is -2.67. The molecule has 0 unspecified atom stereocenters. The lowest BCUT2D eigenvalue weighted by atomic mass is 10.1. The van der Waals surface area contributed by atoms with E-state index in [0.717, 1.165) is 17.1 Å². The van der Waals surface area contributed by atoms with E-state index in [0.29, 0.717) is 17.3 Å². The van der Waals surface area contributed by atoms with Crippen LogP contribution in [-0.2, 0) is 0 Å². The number of aromatic nitrogens is 2. The van der Waals surface area contributed by atoms with E-state index < -0.39 is 0 Å². The number of thioether (sulfide) groups is 1. The fourth-order valence-electron chi connectivity index (χ4n) is 2.80. The van der Waals surface area contributed by atoms with Crippen LogP contribution in [-0.4, -0.2) is 28.0 Å². The summed E-state index contributed by atoms with van der Waals surface area (Å²) in [4.78, 5) is 26.2. The Balaban J connectivity index is 1.65. The van der Waals surface area contributed by atoms with E-state index in [9.17, 15) is 14.0 Å². The molecule has 0 aliphatic rings. The van der Waals surface area contributed by atoms with Gasteiger partial charge in [-0.2, -0.15) is 5.10 Å². The molecule has 0 spiro atoms. The molecule has 0 bridgehead atoms. The summed E-state index contributed by atoms with van der Waals surface area (Å²) >= 11 is 1.61. The van der Waals surface area contributed by atoms with Crippen LogP contribution in [0.5, 0.6) is 0 Å². The van der Waals surface area contributed by atoms with Crippen LogP contribution < -0.4 is 10.9 Å². The molecule has 1 amide bonds. The maximum atomic E-state index is 12.9. The summed E-state index contributed by atoms with van der Waals surface area (Å²) in [5.41, 5.74) is 0.0629. The molecule has 0 fully saturated rings. The van der Waals surface area contributed by atoms with Crippen molar-refractivity contribution >= 4 is 28.4 Å². The summed E-state index contributed by atoms with van der Waals surface area (Å²) in [6.45, 7) is 4.21. The topological polar surface area (TPSA) is 64.0 Å². The van der Waals surface area contributed by atoms with Crippen molar-refractivity contribution in [2.24, 2.45) is 0 Å². The van der Waals surface area contributed by atoms with E-state index in [-0.39, 0.29) is 29.0 Å². The predicted molar refractivity (Wildman–Crippen MR) is 110 cm³/mol. The number of hydrogen-bond donors (Lipinski definition) is 1. The maximum absolute atomic E-state index is 12.9. The van der Waals surface area contributed by atoms with Crippen LogP contribution in [0, 0.1) is 5.82 Å². The molecule has 0 saturated heterocycles. The molecule has 1 heterocycles. The average molecular weight is 399 g/mol. The van der Waals surface area contributed by atoms with Crippen LogP contribution in [0.1, 0.15) is 36.8 Å². The van der Waals surface area contributed by atoms with Gasteiger partial charge in [-0.05, 0) is 56.4 Å². The minimum absolute atomic E-state index is 0.143. The van der Waals surface area contributed by atoms with E-state index in [1.54, 1.807) is 48.2 Å². The third kappa shape index (κ3) is 4.59. The third-order valence-corrected chi connectivity index (χ3v) is 5.32. The molecule has 0 aliphatic heterocycles. The molecule has 0 atom stereocenters. The fourth-order valence-corrected chi connectivity index (χ4v) is 3.66. The van der Waals surface area contributed by atoms with Gasteiger partial charge in [-0.3, -0.25) is 9.59 Å². The summed E-state index contributed by atoms with van der Waals surface area (Å²) in [5, 5.41) is 8.23. The van der Waals surface area contributed by atoms with Crippen molar-refractivity contribution in [3.63, 3.8) is 0 Å². The van der Waals surface area contributed by atoms with Crippen molar-refractivity contribution < 1.29 is 9.18 Å². The summed E-state index contributed by atoms with van der Waals surface area (Å²) in [6.07, 6.45) is 0.759. The Morgan fingerprint density at radius 1 is 1.14 bits per heavy atom. The van der Waals surface area contributed by atoms with Crippen LogP contribution in [0.15, 0.2) is 58.2 Å².